The average molecular weight is 315 g/mol. The first kappa shape index (κ1) is 14.9. The van der Waals surface area contributed by atoms with Crippen LogP contribution in [0.25, 0.3) is 10.9 Å². The van der Waals surface area contributed by atoms with Crippen molar-refractivity contribution in [1.82, 2.24) is 10.3 Å². The summed E-state index contributed by atoms with van der Waals surface area (Å²) in [5, 5.41) is 4.69. The van der Waals surface area contributed by atoms with E-state index < -0.39 is 0 Å². The molecule has 0 radical (unpaired) electrons. The van der Waals surface area contributed by atoms with Gasteiger partial charge in [0.25, 0.3) is 0 Å². The zero-order valence-electron chi connectivity index (χ0n) is 12.5. The zero-order valence-corrected chi connectivity index (χ0v) is 13.2. The van der Waals surface area contributed by atoms with Crippen molar-refractivity contribution in [3.8, 4) is 0 Å². The van der Waals surface area contributed by atoms with Gasteiger partial charge >= 0.3 is 0 Å². The van der Waals surface area contributed by atoms with Crippen LogP contribution in [-0.4, -0.2) is 17.9 Å². The van der Waals surface area contributed by atoms with Crippen LogP contribution < -0.4 is 5.32 Å². The van der Waals surface area contributed by atoms with E-state index in [0.29, 0.717) is 6.42 Å². The molecule has 2 N–H and O–H groups in total. The van der Waals surface area contributed by atoms with E-state index in [1.807, 2.05) is 18.3 Å². The third kappa shape index (κ3) is 3.09. The lowest BCUT2D eigenvalue weighted by atomic mass is 9.79. The first-order chi connectivity index (χ1) is 10.7. The molecule has 114 valence electrons. The van der Waals surface area contributed by atoms with E-state index >= 15 is 0 Å². The van der Waals surface area contributed by atoms with Crippen LogP contribution in [0.4, 0.5) is 0 Å². The number of aromatic amines is 1. The molecule has 22 heavy (non-hydrogen) atoms. The van der Waals surface area contributed by atoms with Crippen LogP contribution in [0.3, 0.4) is 0 Å². The fourth-order valence-corrected chi connectivity index (χ4v) is 3.19. The second-order valence-corrected chi connectivity index (χ2v) is 6.09. The molecule has 1 heterocycles. The van der Waals surface area contributed by atoms with Crippen molar-refractivity contribution in [1.29, 1.82) is 0 Å². The first-order valence-electron chi connectivity index (χ1n) is 7.49. The van der Waals surface area contributed by atoms with Crippen molar-refractivity contribution in [2.24, 2.45) is 5.92 Å². The Morgan fingerprint density at radius 1 is 1.45 bits per heavy atom. The summed E-state index contributed by atoms with van der Waals surface area (Å²) < 4.78 is 0. The lowest BCUT2D eigenvalue weighted by Gasteiger charge is -2.25. The number of fused-ring (bicyclic) bond motifs is 1. The Balaban J connectivity index is 1.93. The lowest BCUT2D eigenvalue weighted by molar-refractivity contribution is -0.121. The summed E-state index contributed by atoms with van der Waals surface area (Å²) in [5.41, 5.74) is 2.28. The number of H-pyrrole nitrogens is 1. The molecule has 0 bridgehead atoms. The standard InChI is InChI=1S/C18H19ClN2O/c1-20-18(22)11-16(12-4-6-15(19)7-5-12)14-3-2-13-8-9-21-17(13)10-14/h2-4,6-10,12,16,21H,5,11H2,1H3,(H,20,22). The summed E-state index contributed by atoms with van der Waals surface area (Å²) in [6.45, 7) is 0. The van der Waals surface area contributed by atoms with Crippen LogP contribution in [0, 0.1) is 5.92 Å². The van der Waals surface area contributed by atoms with E-state index in [1.165, 1.54) is 10.9 Å². The Kier molecular flexibility index (Phi) is 4.34. The highest BCUT2D eigenvalue weighted by atomic mass is 35.5. The van der Waals surface area contributed by atoms with Gasteiger partial charge in [-0.3, -0.25) is 4.79 Å². The largest absolute Gasteiger partial charge is 0.361 e. The van der Waals surface area contributed by atoms with Gasteiger partial charge in [0.2, 0.25) is 5.91 Å². The number of amides is 1. The van der Waals surface area contributed by atoms with E-state index in [2.05, 4.69) is 40.6 Å². The number of benzene rings is 1. The monoisotopic (exact) mass is 314 g/mol. The molecule has 3 rings (SSSR count). The van der Waals surface area contributed by atoms with Crippen molar-refractivity contribution in [2.75, 3.05) is 7.05 Å². The number of hydrogen-bond donors (Lipinski definition) is 2. The van der Waals surface area contributed by atoms with Gasteiger partial charge in [0.05, 0.1) is 0 Å². The van der Waals surface area contributed by atoms with Crippen molar-refractivity contribution >= 4 is 28.4 Å². The molecule has 1 aliphatic carbocycles. The van der Waals surface area contributed by atoms with Crippen LogP contribution in [-0.2, 0) is 4.79 Å². The fourth-order valence-electron chi connectivity index (χ4n) is 3.02. The molecule has 0 aliphatic heterocycles. The molecule has 2 atom stereocenters. The number of aromatic nitrogens is 1. The van der Waals surface area contributed by atoms with E-state index in [0.717, 1.165) is 17.0 Å². The summed E-state index contributed by atoms with van der Waals surface area (Å²) in [6.07, 6.45) is 9.35. The smallest absolute Gasteiger partial charge is 0.220 e. The second kappa shape index (κ2) is 6.41. The lowest BCUT2D eigenvalue weighted by Crippen LogP contribution is -2.24. The summed E-state index contributed by atoms with van der Waals surface area (Å²) in [6, 6.07) is 8.43. The van der Waals surface area contributed by atoms with E-state index in [1.54, 1.807) is 7.05 Å². The minimum absolute atomic E-state index is 0.0608. The SMILES string of the molecule is CNC(=O)CC(c1ccc2cc[nH]c2c1)C1C=CC(Cl)=CC1. The third-order valence-electron chi connectivity index (χ3n) is 4.30. The van der Waals surface area contributed by atoms with Gasteiger partial charge in [-0.1, -0.05) is 35.9 Å². The van der Waals surface area contributed by atoms with Crippen LogP contribution in [0.5, 0.6) is 0 Å². The Labute approximate surface area is 135 Å². The normalized spacial score (nSPS) is 19.0. The number of hydrogen-bond acceptors (Lipinski definition) is 1. The summed E-state index contributed by atoms with van der Waals surface area (Å²) in [7, 11) is 1.68. The molecule has 1 aromatic carbocycles. The average Bonchev–Trinajstić information content (AvgIpc) is 3.01. The van der Waals surface area contributed by atoms with Crippen molar-refractivity contribution in [3.63, 3.8) is 0 Å². The quantitative estimate of drug-likeness (QED) is 0.877. The van der Waals surface area contributed by atoms with Crippen LogP contribution >= 0.6 is 11.6 Å². The minimum atomic E-state index is 0.0608. The number of allylic oxidation sites excluding steroid dienone is 4. The maximum absolute atomic E-state index is 11.9. The van der Waals surface area contributed by atoms with E-state index in [4.69, 9.17) is 11.6 Å². The molecule has 1 amide bonds. The minimum Gasteiger partial charge on any atom is -0.361 e. The highest BCUT2D eigenvalue weighted by Gasteiger charge is 2.24. The fraction of sp³-hybridized carbons (Fsp3) is 0.278. The first-order valence-corrected chi connectivity index (χ1v) is 7.86. The number of halogens is 1. The van der Waals surface area contributed by atoms with Gasteiger partial charge < -0.3 is 10.3 Å². The summed E-state index contributed by atoms with van der Waals surface area (Å²) >= 11 is 6.02. The number of nitrogens with one attached hydrogen (secondary N) is 2. The highest BCUT2D eigenvalue weighted by molar-refractivity contribution is 6.31. The molecule has 4 heteroatoms. The van der Waals surface area contributed by atoms with Crippen molar-refractivity contribution in [2.45, 2.75) is 18.8 Å². The zero-order chi connectivity index (χ0) is 15.5. The molecule has 2 aromatic rings. The molecular formula is C18H19ClN2O. The van der Waals surface area contributed by atoms with Gasteiger partial charge in [-0.15, -0.1) is 0 Å². The van der Waals surface area contributed by atoms with Crippen LogP contribution in [0.2, 0.25) is 0 Å². The molecule has 3 nitrogen and oxygen atoms in total. The molecule has 2 unspecified atom stereocenters. The van der Waals surface area contributed by atoms with E-state index in [-0.39, 0.29) is 17.7 Å². The van der Waals surface area contributed by atoms with Crippen LogP contribution in [0.1, 0.15) is 24.3 Å². The van der Waals surface area contributed by atoms with Gasteiger partial charge in [0.1, 0.15) is 0 Å². The summed E-state index contributed by atoms with van der Waals surface area (Å²) in [5.74, 6) is 0.489. The topological polar surface area (TPSA) is 44.9 Å². The molecule has 1 aromatic heterocycles. The van der Waals surface area contributed by atoms with Crippen molar-refractivity contribution < 1.29 is 4.79 Å². The Morgan fingerprint density at radius 3 is 3.05 bits per heavy atom. The van der Waals surface area contributed by atoms with Gasteiger partial charge in [-0.25, -0.2) is 0 Å². The predicted octanol–water partition coefficient (Wildman–Crippen LogP) is 4.09. The van der Waals surface area contributed by atoms with Gasteiger partial charge in [0.15, 0.2) is 0 Å². The molecule has 0 saturated heterocycles. The van der Waals surface area contributed by atoms with E-state index in [9.17, 15) is 4.79 Å². The summed E-state index contributed by atoms with van der Waals surface area (Å²) in [4.78, 5) is 15.2. The van der Waals surface area contributed by atoms with Gasteiger partial charge in [0, 0.05) is 30.2 Å². The molecule has 0 saturated carbocycles. The third-order valence-corrected chi connectivity index (χ3v) is 4.58. The van der Waals surface area contributed by atoms with Gasteiger partial charge in [-0.2, -0.15) is 0 Å². The molecule has 0 spiro atoms. The number of carbonyl (C=O) groups is 1. The molecule has 0 fully saturated rings. The Bertz CT molecular complexity index is 744. The number of rotatable bonds is 4. The number of carbonyl (C=O) groups excluding carboxylic acids is 1. The predicted molar refractivity (Wildman–Crippen MR) is 90.9 cm³/mol. The van der Waals surface area contributed by atoms with Crippen LogP contribution in [0.15, 0.2) is 53.7 Å². The Hall–Kier alpha value is -2.00. The highest BCUT2D eigenvalue weighted by Crippen LogP contribution is 2.36. The molecule has 1 aliphatic rings. The second-order valence-electron chi connectivity index (χ2n) is 5.66. The maximum Gasteiger partial charge on any atom is 0.220 e. The maximum atomic E-state index is 11.9. The van der Waals surface area contributed by atoms with Gasteiger partial charge in [-0.05, 0) is 47.4 Å². The van der Waals surface area contributed by atoms with Crippen molar-refractivity contribution in [3.05, 3.63) is 59.3 Å². The molecular weight excluding hydrogens is 296 g/mol. The Morgan fingerprint density at radius 2 is 2.32 bits per heavy atom.